The molecule has 1 heterocycles. The van der Waals surface area contributed by atoms with Crippen LogP contribution in [0.2, 0.25) is 0 Å². The molecule has 200 valence electrons. The second-order valence-corrected chi connectivity index (χ2v) is 10.5. The molecule has 1 unspecified atom stereocenters. The van der Waals surface area contributed by atoms with Crippen LogP contribution in [0.4, 0.5) is 5.69 Å². The number of carbonyl (C=O) groups is 3. The van der Waals surface area contributed by atoms with E-state index in [1.165, 1.54) is 0 Å². The number of rotatable bonds is 12. The molecule has 2 atom stereocenters. The molecule has 1 aliphatic heterocycles. The molecule has 0 saturated carbocycles. The normalized spacial score (nSPS) is 16.6. The summed E-state index contributed by atoms with van der Waals surface area (Å²) in [6.07, 6.45) is 5.75. The van der Waals surface area contributed by atoms with E-state index in [0.29, 0.717) is 25.8 Å². The van der Waals surface area contributed by atoms with Gasteiger partial charge in [-0.25, -0.2) is 0 Å². The van der Waals surface area contributed by atoms with Crippen molar-refractivity contribution >= 4 is 34.1 Å². The number of amides is 2. The fourth-order valence-electron chi connectivity index (χ4n) is 5.19. The van der Waals surface area contributed by atoms with Crippen molar-refractivity contribution in [3.05, 3.63) is 78.4 Å². The molecule has 38 heavy (non-hydrogen) atoms. The highest BCUT2D eigenvalue weighted by Gasteiger charge is 2.28. The van der Waals surface area contributed by atoms with Crippen molar-refractivity contribution in [1.29, 1.82) is 0 Å². The number of Topliss-reactive ketones (excluding diaryl/α,β-unsaturated/α-hetero) is 1. The number of anilines is 1. The number of unbranched alkanes of at least 4 members (excludes halogenated alkanes) is 2. The Morgan fingerprint density at radius 3 is 2.47 bits per heavy atom. The topological polar surface area (TPSA) is 78.5 Å². The highest BCUT2D eigenvalue weighted by Crippen LogP contribution is 2.20. The minimum absolute atomic E-state index is 0.0479. The summed E-state index contributed by atoms with van der Waals surface area (Å²) in [4.78, 5) is 40.9. The molecule has 6 heteroatoms. The van der Waals surface area contributed by atoms with Gasteiger partial charge in [0.1, 0.15) is 11.8 Å². The predicted molar refractivity (Wildman–Crippen MR) is 153 cm³/mol. The van der Waals surface area contributed by atoms with E-state index < -0.39 is 6.04 Å². The van der Waals surface area contributed by atoms with E-state index in [4.69, 9.17) is 0 Å². The lowest BCUT2D eigenvalue weighted by Crippen LogP contribution is -2.49. The second-order valence-electron chi connectivity index (χ2n) is 10.5. The van der Waals surface area contributed by atoms with Crippen LogP contribution in [-0.4, -0.2) is 48.7 Å². The van der Waals surface area contributed by atoms with Crippen LogP contribution >= 0.6 is 0 Å². The largest absolute Gasteiger partial charge is 0.344 e. The summed E-state index contributed by atoms with van der Waals surface area (Å²) >= 11 is 0. The summed E-state index contributed by atoms with van der Waals surface area (Å²) in [5.41, 5.74) is 1.76. The lowest BCUT2D eigenvalue weighted by atomic mass is 9.96. The van der Waals surface area contributed by atoms with Crippen LogP contribution in [0.5, 0.6) is 0 Å². The molecular formula is C32H39N3O3. The van der Waals surface area contributed by atoms with Crippen molar-refractivity contribution in [1.82, 2.24) is 10.2 Å². The number of hydrogen-bond donors (Lipinski definition) is 2. The minimum Gasteiger partial charge on any atom is -0.344 e. The molecule has 3 aromatic carbocycles. The number of nitrogens with zero attached hydrogens (tertiary/aromatic N) is 1. The zero-order valence-corrected chi connectivity index (χ0v) is 22.3. The Morgan fingerprint density at radius 1 is 0.921 bits per heavy atom. The predicted octanol–water partition coefficient (Wildman–Crippen LogP) is 5.37. The number of ketones is 1. The molecule has 1 aliphatic rings. The summed E-state index contributed by atoms with van der Waals surface area (Å²) < 4.78 is 0. The minimum atomic E-state index is -0.610. The monoisotopic (exact) mass is 513 g/mol. The van der Waals surface area contributed by atoms with E-state index in [2.05, 4.69) is 15.5 Å². The average molecular weight is 514 g/mol. The third-order valence-corrected chi connectivity index (χ3v) is 7.34. The zero-order chi connectivity index (χ0) is 26.7. The second kappa shape index (κ2) is 13.9. The van der Waals surface area contributed by atoms with Crippen molar-refractivity contribution in [2.45, 2.75) is 57.4 Å². The number of carbonyl (C=O) groups excluding carboxylic acids is 3. The van der Waals surface area contributed by atoms with Gasteiger partial charge in [-0.2, -0.15) is 0 Å². The van der Waals surface area contributed by atoms with Crippen LogP contribution in [0.1, 0.15) is 50.5 Å². The molecule has 0 aliphatic carbocycles. The number of fused-ring (bicyclic) bond motifs is 1. The Morgan fingerprint density at radius 2 is 1.68 bits per heavy atom. The van der Waals surface area contributed by atoms with Crippen LogP contribution in [0.15, 0.2) is 72.8 Å². The molecule has 0 aromatic heterocycles. The van der Waals surface area contributed by atoms with E-state index in [9.17, 15) is 14.4 Å². The quantitative estimate of drug-likeness (QED) is 0.319. The number of likely N-dealkylation sites (tertiary alicyclic amines) is 1. The average Bonchev–Trinajstić information content (AvgIpc) is 2.92. The number of hydrogen-bond acceptors (Lipinski definition) is 4. The van der Waals surface area contributed by atoms with E-state index in [1.54, 1.807) is 0 Å². The fraction of sp³-hybridized carbons (Fsp3) is 0.406. The summed E-state index contributed by atoms with van der Waals surface area (Å²) in [7, 11) is 2.03. The maximum atomic E-state index is 13.3. The lowest BCUT2D eigenvalue weighted by molar-refractivity contribution is -0.130. The first-order chi connectivity index (χ1) is 18.5. The van der Waals surface area contributed by atoms with E-state index >= 15 is 0 Å². The van der Waals surface area contributed by atoms with Crippen LogP contribution in [-0.2, 0) is 20.8 Å². The maximum absolute atomic E-state index is 13.3. The molecule has 0 bridgehead atoms. The van der Waals surface area contributed by atoms with Crippen molar-refractivity contribution in [2.24, 2.45) is 5.92 Å². The van der Waals surface area contributed by atoms with Crippen molar-refractivity contribution in [3.8, 4) is 0 Å². The van der Waals surface area contributed by atoms with E-state index in [-0.39, 0.29) is 23.5 Å². The Kier molecular flexibility index (Phi) is 10.0. The molecule has 0 spiro atoms. The van der Waals surface area contributed by atoms with Gasteiger partial charge in [-0.15, -0.1) is 0 Å². The van der Waals surface area contributed by atoms with Crippen LogP contribution in [0, 0.1) is 5.92 Å². The summed E-state index contributed by atoms with van der Waals surface area (Å²) in [5.74, 6) is -0.108. The number of nitrogens with one attached hydrogen (secondary N) is 2. The van der Waals surface area contributed by atoms with Gasteiger partial charge in [-0.1, -0.05) is 73.5 Å². The first kappa shape index (κ1) is 27.5. The SMILES string of the molecule is CN1CCCC(C(=O)N[C@@H](CCCCCC(=O)Cc2ccccc2)C(=O)Nc2ccc3ccccc3c2)C1. The summed E-state index contributed by atoms with van der Waals surface area (Å²) in [6, 6.07) is 23.1. The van der Waals surface area contributed by atoms with Gasteiger partial charge >= 0.3 is 0 Å². The molecule has 4 rings (SSSR count). The summed E-state index contributed by atoms with van der Waals surface area (Å²) in [5, 5.41) is 8.23. The number of benzene rings is 3. The lowest BCUT2D eigenvalue weighted by Gasteiger charge is -2.30. The first-order valence-corrected chi connectivity index (χ1v) is 13.8. The Bertz CT molecular complexity index is 1230. The zero-order valence-electron chi connectivity index (χ0n) is 22.3. The standard InChI is InChI=1S/C32H39N3O3/c1-35-20-10-15-27(23-35)31(37)34-30(17-7-3-6-16-29(36)21-24-11-4-2-5-12-24)32(38)33-28-19-18-25-13-8-9-14-26(25)22-28/h2,4-5,8-9,11-14,18-19,22,27,30H,3,6-7,10,15-17,20-21,23H2,1H3,(H,33,38)(H,34,37)/t27?,30-/m0/s1. The van der Waals surface area contributed by atoms with E-state index in [1.807, 2.05) is 79.8 Å². The highest BCUT2D eigenvalue weighted by atomic mass is 16.2. The van der Waals surface area contributed by atoms with Gasteiger partial charge in [-0.05, 0) is 67.7 Å². The number of piperidine rings is 1. The van der Waals surface area contributed by atoms with Gasteiger partial charge in [-0.3, -0.25) is 14.4 Å². The van der Waals surface area contributed by atoms with Gasteiger partial charge in [0.15, 0.2) is 0 Å². The molecule has 1 fully saturated rings. The molecule has 2 amide bonds. The highest BCUT2D eigenvalue weighted by molar-refractivity contribution is 5.99. The van der Waals surface area contributed by atoms with Crippen molar-refractivity contribution in [2.75, 3.05) is 25.5 Å². The van der Waals surface area contributed by atoms with Gasteiger partial charge in [0.25, 0.3) is 0 Å². The molecule has 6 nitrogen and oxygen atoms in total. The van der Waals surface area contributed by atoms with Crippen LogP contribution in [0.25, 0.3) is 10.8 Å². The fourth-order valence-corrected chi connectivity index (χ4v) is 5.19. The van der Waals surface area contributed by atoms with Crippen LogP contribution in [0.3, 0.4) is 0 Å². The van der Waals surface area contributed by atoms with Crippen molar-refractivity contribution < 1.29 is 14.4 Å². The van der Waals surface area contributed by atoms with Gasteiger partial charge in [0, 0.05) is 25.1 Å². The van der Waals surface area contributed by atoms with Crippen molar-refractivity contribution in [3.63, 3.8) is 0 Å². The smallest absolute Gasteiger partial charge is 0.246 e. The van der Waals surface area contributed by atoms with E-state index in [0.717, 1.165) is 60.7 Å². The summed E-state index contributed by atoms with van der Waals surface area (Å²) in [6.45, 7) is 1.72. The maximum Gasteiger partial charge on any atom is 0.246 e. The van der Waals surface area contributed by atoms with Gasteiger partial charge in [0.05, 0.1) is 5.92 Å². The van der Waals surface area contributed by atoms with Gasteiger partial charge in [0.2, 0.25) is 11.8 Å². The van der Waals surface area contributed by atoms with Gasteiger partial charge < -0.3 is 15.5 Å². The Balaban J connectivity index is 1.32. The molecule has 0 radical (unpaired) electrons. The first-order valence-electron chi connectivity index (χ1n) is 13.8. The Labute approximate surface area is 225 Å². The van der Waals surface area contributed by atoms with Crippen LogP contribution < -0.4 is 10.6 Å². The molecule has 2 N–H and O–H groups in total. The Hall–Kier alpha value is -3.51. The molecular weight excluding hydrogens is 474 g/mol. The third-order valence-electron chi connectivity index (χ3n) is 7.34. The molecule has 1 saturated heterocycles. The third kappa shape index (κ3) is 8.25. The molecule has 3 aromatic rings.